The summed E-state index contributed by atoms with van der Waals surface area (Å²) in [7, 11) is -4.53. The number of hydrazone groups is 1. The van der Waals surface area contributed by atoms with Crippen LogP contribution in [0.15, 0.2) is 54.1 Å². The van der Waals surface area contributed by atoms with E-state index in [2.05, 4.69) is 11.7 Å². The van der Waals surface area contributed by atoms with Crippen LogP contribution in [0, 0.1) is 11.6 Å². The van der Waals surface area contributed by atoms with Crippen molar-refractivity contribution in [2.75, 3.05) is 6.61 Å². The van der Waals surface area contributed by atoms with Crippen LogP contribution in [-0.2, 0) is 4.57 Å². The highest BCUT2D eigenvalue weighted by Crippen LogP contribution is 2.28. The number of rotatable bonds is 7. The number of hydrogen-bond donors (Lipinski definition) is 3. The van der Waals surface area contributed by atoms with E-state index in [-0.39, 0.29) is 23.7 Å². The predicted octanol–water partition coefficient (Wildman–Crippen LogP) is 3.07. The molecule has 0 atom stereocenters. The number of para-hydroxylation sites is 1. The molecule has 25 heavy (non-hydrogen) atoms. The monoisotopic (exact) mass is 368 g/mol. The van der Waals surface area contributed by atoms with Gasteiger partial charge in [-0.05, 0) is 35.4 Å². The second kappa shape index (κ2) is 8.02. The van der Waals surface area contributed by atoms with E-state index >= 15 is 0 Å². The van der Waals surface area contributed by atoms with Gasteiger partial charge in [0.15, 0.2) is 11.6 Å². The van der Waals surface area contributed by atoms with E-state index in [0.29, 0.717) is 11.1 Å². The molecule has 9 heteroatoms. The van der Waals surface area contributed by atoms with Gasteiger partial charge < -0.3 is 14.5 Å². The normalized spacial score (nSPS) is 11.5. The molecule has 0 heterocycles. The maximum absolute atomic E-state index is 14.0. The number of ether oxygens (including phenoxy) is 1. The van der Waals surface area contributed by atoms with Gasteiger partial charge >= 0.3 is 7.75 Å². The van der Waals surface area contributed by atoms with Crippen LogP contribution in [0.2, 0.25) is 0 Å². The first kappa shape index (κ1) is 18.8. The van der Waals surface area contributed by atoms with Gasteiger partial charge in [-0.15, -0.1) is 0 Å². The van der Waals surface area contributed by atoms with Crippen LogP contribution < -0.4 is 9.93 Å². The van der Waals surface area contributed by atoms with E-state index in [1.54, 1.807) is 5.20 Å². The van der Waals surface area contributed by atoms with Crippen LogP contribution in [0.5, 0.6) is 5.75 Å². The fourth-order valence-electron chi connectivity index (χ4n) is 1.88. The van der Waals surface area contributed by atoms with Crippen LogP contribution in [0.3, 0.4) is 0 Å². The third kappa shape index (κ3) is 5.79. The van der Waals surface area contributed by atoms with Gasteiger partial charge in [-0.3, -0.25) is 0 Å². The largest absolute Gasteiger partial charge is 0.485 e. The van der Waals surface area contributed by atoms with Gasteiger partial charge in [0, 0.05) is 5.56 Å². The average molecular weight is 368 g/mol. The Morgan fingerprint density at radius 1 is 1.24 bits per heavy atom. The van der Waals surface area contributed by atoms with Crippen LogP contribution in [0.1, 0.15) is 11.1 Å². The maximum Gasteiger partial charge on any atom is 0.443 e. The van der Waals surface area contributed by atoms with Crippen LogP contribution in [0.25, 0.3) is 5.57 Å². The summed E-state index contributed by atoms with van der Waals surface area (Å²) in [6.07, 6.45) is 1.03. The van der Waals surface area contributed by atoms with Crippen molar-refractivity contribution >= 4 is 19.5 Å². The lowest BCUT2D eigenvalue weighted by Crippen LogP contribution is -2.05. The molecule has 0 fully saturated rings. The van der Waals surface area contributed by atoms with E-state index in [9.17, 15) is 13.3 Å². The topological polar surface area (TPSA) is 91.2 Å². The molecule has 0 saturated heterocycles. The molecule has 0 spiro atoms. The van der Waals surface area contributed by atoms with Crippen molar-refractivity contribution in [1.82, 2.24) is 5.20 Å². The molecular weight excluding hydrogens is 353 g/mol. The molecule has 2 aromatic rings. The molecule has 132 valence electrons. The number of benzene rings is 2. The highest BCUT2D eigenvalue weighted by molar-refractivity contribution is 7.49. The summed E-state index contributed by atoms with van der Waals surface area (Å²) in [6, 6.07) is 9.62. The minimum atomic E-state index is -4.53. The van der Waals surface area contributed by atoms with Gasteiger partial charge in [0.05, 0.1) is 6.21 Å². The Labute approximate surface area is 142 Å². The van der Waals surface area contributed by atoms with Crippen molar-refractivity contribution in [2.24, 2.45) is 5.10 Å². The lowest BCUT2D eigenvalue weighted by Gasteiger charge is -2.12. The minimum Gasteiger partial charge on any atom is -0.485 e. The molecule has 0 aliphatic carbocycles. The Kier molecular flexibility index (Phi) is 6.03. The molecular formula is C16H15F2N2O4P. The first-order valence-corrected chi connectivity index (χ1v) is 8.58. The quantitative estimate of drug-likeness (QED) is 0.397. The number of nitrogens with zero attached hydrogens (tertiary/aromatic N) is 1. The molecule has 2 aromatic carbocycles. The Morgan fingerprint density at radius 2 is 1.92 bits per heavy atom. The van der Waals surface area contributed by atoms with Gasteiger partial charge in [0.1, 0.15) is 12.4 Å². The summed E-state index contributed by atoms with van der Waals surface area (Å²) in [5.41, 5.74) is 1.31. The first-order valence-electron chi connectivity index (χ1n) is 6.97. The van der Waals surface area contributed by atoms with Crippen molar-refractivity contribution in [3.8, 4) is 5.75 Å². The zero-order chi connectivity index (χ0) is 18.4. The lowest BCUT2D eigenvalue weighted by atomic mass is 10.1. The lowest BCUT2D eigenvalue weighted by molar-refractivity contribution is 0.347. The van der Waals surface area contributed by atoms with Gasteiger partial charge in [-0.25, -0.2) is 18.5 Å². The van der Waals surface area contributed by atoms with Crippen molar-refractivity contribution in [2.45, 2.75) is 0 Å². The van der Waals surface area contributed by atoms with Gasteiger partial charge in [-0.1, -0.05) is 24.8 Å². The third-order valence-electron chi connectivity index (χ3n) is 3.03. The summed E-state index contributed by atoms with van der Waals surface area (Å²) in [5, 5.41) is 4.98. The molecule has 0 aliphatic rings. The molecule has 0 saturated carbocycles. The zero-order valence-corrected chi connectivity index (χ0v) is 13.8. The van der Waals surface area contributed by atoms with E-state index in [0.717, 1.165) is 6.21 Å². The van der Waals surface area contributed by atoms with E-state index < -0.39 is 13.6 Å². The third-order valence-corrected chi connectivity index (χ3v) is 3.41. The Bertz CT molecular complexity index is 835. The van der Waals surface area contributed by atoms with Gasteiger partial charge in [0.2, 0.25) is 0 Å². The van der Waals surface area contributed by atoms with Crippen molar-refractivity contribution < 1.29 is 27.9 Å². The van der Waals surface area contributed by atoms with Crippen molar-refractivity contribution in [1.29, 1.82) is 0 Å². The van der Waals surface area contributed by atoms with E-state index in [1.807, 2.05) is 0 Å². The smallest absolute Gasteiger partial charge is 0.443 e. The molecule has 0 unspecified atom stereocenters. The maximum atomic E-state index is 14.0. The van der Waals surface area contributed by atoms with Gasteiger partial charge in [0.25, 0.3) is 0 Å². The Balaban J connectivity index is 2.12. The van der Waals surface area contributed by atoms with E-state index in [4.69, 9.17) is 14.5 Å². The Morgan fingerprint density at radius 3 is 2.56 bits per heavy atom. The second-order valence-electron chi connectivity index (χ2n) is 4.96. The van der Waals surface area contributed by atoms with Crippen LogP contribution in [0.4, 0.5) is 8.78 Å². The second-order valence-corrected chi connectivity index (χ2v) is 6.25. The van der Waals surface area contributed by atoms with Crippen molar-refractivity contribution in [3.05, 3.63) is 71.8 Å². The highest BCUT2D eigenvalue weighted by Gasteiger charge is 2.12. The number of hydrogen-bond acceptors (Lipinski definition) is 3. The molecule has 0 aromatic heterocycles. The molecule has 0 radical (unpaired) electrons. The minimum absolute atomic E-state index is 0.0701. The average Bonchev–Trinajstić information content (AvgIpc) is 2.53. The molecule has 2 rings (SSSR count). The number of halogens is 2. The summed E-state index contributed by atoms with van der Waals surface area (Å²) in [5.74, 6) is -1.21. The zero-order valence-electron chi connectivity index (χ0n) is 12.9. The standard InChI is InChI=1S/C16H15F2N2O4P/c1-11(12-5-7-14(17)8-6-12)10-24-16-13(3-2-4-15(16)18)9-19-20-25(21,22)23/h2-9H,1,10H2,(H3,20,21,22,23)/b19-9+. The first-order chi connectivity index (χ1) is 11.8. The SMILES string of the molecule is C=C(COc1c(F)cccc1/C=N/NP(=O)(O)O)c1ccc(F)cc1. The van der Waals surface area contributed by atoms with E-state index in [1.165, 1.54) is 42.5 Å². The summed E-state index contributed by atoms with van der Waals surface area (Å²) in [6.45, 7) is 3.73. The molecule has 0 amide bonds. The summed E-state index contributed by atoms with van der Waals surface area (Å²) >= 11 is 0. The molecule has 3 N–H and O–H groups in total. The molecule has 0 bridgehead atoms. The van der Waals surface area contributed by atoms with Crippen molar-refractivity contribution in [3.63, 3.8) is 0 Å². The molecule has 0 aliphatic heterocycles. The molecule has 6 nitrogen and oxygen atoms in total. The van der Waals surface area contributed by atoms with Crippen LogP contribution >= 0.6 is 7.75 Å². The summed E-state index contributed by atoms with van der Waals surface area (Å²) in [4.78, 5) is 17.4. The predicted molar refractivity (Wildman–Crippen MR) is 90.1 cm³/mol. The number of nitrogens with one attached hydrogen (secondary N) is 1. The summed E-state index contributed by atoms with van der Waals surface area (Å²) < 4.78 is 43.0. The Hall–Kier alpha value is -2.54. The van der Waals surface area contributed by atoms with Gasteiger partial charge in [-0.2, -0.15) is 5.10 Å². The highest BCUT2D eigenvalue weighted by atomic mass is 31.2. The fraction of sp³-hybridized carbons (Fsp3) is 0.0625. The fourth-order valence-corrected chi connectivity index (χ4v) is 2.09. The van der Waals surface area contributed by atoms with Crippen LogP contribution in [-0.4, -0.2) is 22.6 Å².